The van der Waals surface area contributed by atoms with E-state index < -0.39 is 0 Å². The monoisotopic (exact) mass is 406 g/mol. The number of nitrogens with zero attached hydrogens (tertiary/aromatic N) is 3. The summed E-state index contributed by atoms with van der Waals surface area (Å²) in [5.74, 6) is -0.248. The molecule has 0 spiro atoms. The van der Waals surface area contributed by atoms with E-state index in [-0.39, 0.29) is 18.0 Å². The largest absolute Gasteiger partial charge is 0.460 e. The summed E-state index contributed by atoms with van der Waals surface area (Å²) in [6, 6.07) is 16.3. The van der Waals surface area contributed by atoms with Gasteiger partial charge in [-0.05, 0) is 34.9 Å². The Morgan fingerprint density at radius 1 is 1.00 bits per heavy atom. The second-order valence-electron chi connectivity index (χ2n) is 7.20. The number of likely N-dealkylation sites (tertiary alicyclic amines) is 1. The number of carbonyl (C=O) groups excluding carboxylic acids is 1. The molecule has 0 bridgehead atoms. The Morgan fingerprint density at radius 3 is 2.23 bits per heavy atom. The first kappa shape index (κ1) is 19.8. The SMILES string of the molecule is O=C(NCc1ccc(-c2ccc(F)cc2)cc1)N1CCC(Oc2ncccn2)CC1. The van der Waals surface area contributed by atoms with Crippen LogP contribution in [0, 0.1) is 5.82 Å². The third-order valence-corrected chi connectivity index (χ3v) is 5.12. The number of amides is 2. The van der Waals surface area contributed by atoms with Crippen LogP contribution in [0.2, 0.25) is 0 Å². The number of rotatable bonds is 5. The average Bonchev–Trinajstić information content (AvgIpc) is 2.80. The van der Waals surface area contributed by atoms with Crippen LogP contribution < -0.4 is 10.1 Å². The van der Waals surface area contributed by atoms with E-state index >= 15 is 0 Å². The van der Waals surface area contributed by atoms with Crippen molar-refractivity contribution in [2.45, 2.75) is 25.5 Å². The first-order valence-electron chi connectivity index (χ1n) is 9.99. The Bertz CT molecular complexity index is 957. The van der Waals surface area contributed by atoms with Gasteiger partial charge < -0.3 is 15.0 Å². The summed E-state index contributed by atoms with van der Waals surface area (Å²) in [6.07, 6.45) is 4.82. The van der Waals surface area contributed by atoms with Crippen molar-refractivity contribution in [3.8, 4) is 17.1 Å². The molecule has 1 N–H and O–H groups in total. The zero-order chi connectivity index (χ0) is 20.8. The molecule has 0 radical (unpaired) electrons. The molecule has 4 rings (SSSR count). The number of hydrogen-bond donors (Lipinski definition) is 1. The number of piperidine rings is 1. The number of hydrogen-bond acceptors (Lipinski definition) is 4. The number of aromatic nitrogens is 2. The van der Waals surface area contributed by atoms with Gasteiger partial charge in [0.05, 0.1) is 0 Å². The van der Waals surface area contributed by atoms with Crippen LogP contribution in [-0.4, -0.2) is 40.1 Å². The van der Waals surface area contributed by atoms with Gasteiger partial charge in [0.25, 0.3) is 0 Å². The standard InChI is InChI=1S/C23H23FN4O2/c24-20-8-6-19(7-9-20)18-4-2-17(3-5-18)16-27-23(29)28-14-10-21(11-15-28)30-22-25-12-1-13-26-22/h1-9,12-13,21H,10-11,14-16H2,(H,27,29). The van der Waals surface area contributed by atoms with Crippen LogP contribution in [0.1, 0.15) is 18.4 Å². The van der Waals surface area contributed by atoms with E-state index in [2.05, 4.69) is 15.3 Å². The molecule has 7 heteroatoms. The molecule has 1 aliphatic rings. The molecule has 3 aromatic rings. The van der Waals surface area contributed by atoms with Crippen molar-refractivity contribution in [1.29, 1.82) is 0 Å². The molecular weight excluding hydrogens is 383 g/mol. The molecule has 6 nitrogen and oxygen atoms in total. The fourth-order valence-corrected chi connectivity index (χ4v) is 3.42. The summed E-state index contributed by atoms with van der Waals surface area (Å²) < 4.78 is 18.8. The third kappa shape index (κ3) is 5.11. The van der Waals surface area contributed by atoms with Gasteiger partial charge in [-0.25, -0.2) is 19.2 Å². The highest BCUT2D eigenvalue weighted by Gasteiger charge is 2.24. The molecule has 1 aromatic heterocycles. The van der Waals surface area contributed by atoms with Crippen molar-refractivity contribution < 1.29 is 13.9 Å². The van der Waals surface area contributed by atoms with Crippen molar-refractivity contribution in [3.63, 3.8) is 0 Å². The van der Waals surface area contributed by atoms with Crippen LogP contribution in [0.3, 0.4) is 0 Å². The Labute approximate surface area is 174 Å². The molecule has 154 valence electrons. The van der Waals surface area contributed by atoms with E-state index in [0.717, 1.165) is 29.5 Å². The lowest BCUT2D eigenvalue weighted by molar-refractivity contribution is 0.103. The molecule has 2 heterocycles. The van der Waals surface area contributed by atoms with Crippen molar-refractivity contribution in [3.05, 3.63) is 78.4 Å². The van der Waals surface area contributed by atoms with E-state index in [1.54, 1.807) is 35.5 Å². The van der Waals surface area contributed by atoms with Gasteiger partial charge in [0.15, 0.2) is 0 Å². The number of urea groups is 1. The van der Waals surface area contributed by atoms with Gasteiger partial charge >= 0.3 is 12.0 Å². The minimum Gasteiger partial charge on any atom is -0.460 e. The molecule has 1 aliphatic heterocycles. The van der Waals surface area contributed by atoms with E-state index in [1.807, 2.05) is 24.3 Å². The molecule has 0 saturated carbocycles. The third-order valence-electron chi connectivity index (χ3n) is 5.12. The van der Waals surface area contributed by atoms with Gasteiger partial charge in [-0.15, -0.1) is 0 Å². The number of benzene rings is 2. The van der Waals surface area contributed by atoms with Crippen molar-refractivity contribution in [1.82, 2.24) is 20.2 Å². The van der Waals surface area contributed by atoms with Crippen LogP contribution in [0.5, 0.6) is 6.01 Å². The maximum atomic E-state index is 13.1. The van der Waals surface area contributed by atoms with Gasteiger partial charge in [0.1, 0.15) is 11.9 Å². The number of nitrogens with one attached hydrogen (secondary N) is 1. The van der Waals surface area contributed by atoms with E-state index in [4.69, 9.17) is 4.74 Å². The van der Waals surface area contributed by atoms with Crippen LogP contribution >= 0.6 is 0 Å². The molecule has 2 aromatic carbocycles. The predicted molar refractivity (Wildman–Crippen MR) is 111 cm³/mol. The topological polar surface area (TPSA) is 67.4 Å². The molecule has 0 atom stereocenters. The Kier molecular flexibility index (Phi) is 6.17. The maximum Gasteiger partial charge on any atom is 0.317 e. The summed E-state index contributed by atoms with van der Waals surface area (Å²) in [5.41, 5.74) is 2.97. The summed E-state index contributed by atoms with van der Waals surface area (Å²) in [6.45, 7) is 1.72. The summed E-state index contributed by atoms with van der Waals surface area (Å²) in [7, 11) is 0. The van der Waals surface area contributed by atoms with Crippen LogP contribution in [0.25, 0.3) is 11.1 Å². The first-order valence-corrected chi connectivity index (χ1v) is 9.99. The van der Waals surface area contributed by atoms with Crippen LogP contribution in [0.4, 0.5) is 9.18 Å². The Balaban J connectivity index is 1.23. The number of halogens is 1. The lowest BCUT2D eigenvalue weighted by Gasteiger charge is -2.31. The van der Waals surface area contributed by atoms with E-state index in [1.165, 1.54) is 12.1 Å². The highest BCUT2D eigenvalue weighted by atomic mass is 19.1. The molecular formula is C23H23FN4O2. The number of carbonyl (C=O) groups is 1. The smallest absolute Gasteiger partial charge is 0.317 e. The zero-order valence-corrected chi connectivity index (χ0v) is 16.5. The second-order valence-corrected chi connectivity index (χ2v) is 7.20. The summed E-state index contributed by atoms with van der Waals surface area (Å²) in [5, 5.41) is 2.97. The molecule has 0 aliphatic carbocycles. The van der Waals surface area contributed by atoms with Crippen molar-refractivity contribution in [2.24, 2.45) is 0 Å². The molecule has 2 amide bonds. The predicted octanol–water partition coefficient (Wildman–Crippen LogP) is 4.04. The Hall–Kier alpha value is -3.48. The molecule has 1 fully saturated rings. The van der Waals surface area contributed by atoms with E-state index in [0.29, 0.717) is 25.6 Å². The lowest BCUT2D eigenvalue weighted by Crippen LogP contribution is -2.46. The number of ether oxygens (including phenoxy) is 1. The van der Waals surface area contributed by atoms with Gasteiger partial charge in [-0.2, -0.15) is 0 Å². The lowest BCUT2D eigenvalue weighted by atomic mass is 10.0. The highest BCUT2D eigenvalue weighted by Crippen LogP contribution is 2.20. The average molecular weight is 406 g/mol. The maximum absolute atomic E-state index is 13.1. The molecule has 0 unspecified atom stereocenters. The zero-order valence-electron chi connectivity index (χ0n) is 16.5. The van der Waals surface area contributed by atoms with Gasteiger partial charge in [-0.1, -0.05) is 36.4 Å². The molecule has 1 saturated heterocycles. The Morgan fingerprint density at radius 2 is 1.60 bits per heavy atom. The summed E-state index contributed by atoms with van der Waals surface area (Å²) >= 11 is 0. The van der Waals surface area contributed by atoms with Gasteiger partial charge in [0.2, 0.25) is 0 Å². The van der Waals surface area contributed by atoms with Crippen LogP contribution in [0.15, 0.2) is 67.0 Å². The highest BCUT2D eigenvalue weighted by molar-refractivity contribution is 5.74. The first-order chi connectivity index (χ1) is 14.7. The van der Waals surface area contributed by atoms with Gasteiger partial charge in [-0.3, -0.25) is 0 Å². The normalized spacial score (nSPS) is 14.4. The van der Waals surface area contributed by atoms with Crippen molar-refractivity contribution >= 4 is 6.03 Å². The minimum atomic E-state index is -0.248. The van der Waals surface area contributed by atoms with Gasteiger partial charge in [0, 0.05) is 44.9 Å². The molecule has 30 heavy (non-hydrogen) atoms. The minimum absolute atomic E-state index is 0.0236. The fourth-order valence-electron chi connectivity index (χ4n) is 3.42. The second kappa shape index (κ2) is 9.35. The quantitative estimate of drug-likeness (QED) is 0.695. The van der Waals surface area contributed by atoms with Crippen LogP contribution in [-0.2, 0) is 6.54 Å². The summed E-state index contributed by atoms with van der Waals surface area (Å²) in [4.78, 5) is 22.4. The fraction of sp³-hybridized carbons (Fsp3) is 0.261. The van der Waals surface area contributed by atoms with Crippen molar-refractivity contribution in [2.75, 3.05) is 13.1 Å². The van der Waals surface area contributed by atoms with E-state index in [9.17, 15) is 9.18 Å².